The van der Waals surface area contributed by atoms with E-state index in [1.165, 1.54) is 6.08 Å². The van der Waals surface area contributed by atoms with E-state index in [9.17, 15) is 15.0 Å². The third kappa shape index (κ3) is 3.98. The van der Waals surface area contributed by atoms with Gasteiger partial charge in [-0.2, -0.15) is 0 Å². The fraction of sp³-hybridized carbons (Fsp3) is 0.438. The average Bonchev–Trinajstić information content (AvgIpc) is 2.45. The summed E-state index contributed by atoms with van der Waals surface area (Å²) in [5, 5.41) is 19.0. The first-order chi connectivity index (χ1) is 9.97. The molecule has 1 saturated heterocycles. The van der Waals surface area contributed by atoms with Crippen LogP contribution in [0.15, 0.2) is 17.9 Å². The molecule has 2 rings (SSSR count). The highest BCUT2D eigenvalue weighted by molar-refractivity contribution is 5.90. The summed E-state index contributed by atoms with van der Waals surface area (Å²) < 4.78 is 10.8. The van der Waals surface area contributed by atoms with E-state index in [0.29, 0.717) is 29.7 Å². The highest BCUT2D eigenvalue weighted by Gasteiger charge is 2.20. The van der Waals surface area contributed by atoms with Crippen LogP contribution in [0.1, 0.15) is 36.0 Å². The number of aryl methyl sites for hydroxylation is 2. The summed E-state index contributed by atoms with van der Waals surface area (Å²) in [5.74, 6) is -1.06. The van der Waals surface area contributed by atoms with Crippen molar-refractivity contribution in [2.75, 3.05) is 6.61 Å². The Kier molecular flexibility index (Phi) is 4.85. The number of ether oxygens (including phenoxy) is 2. The van der Waals surface area contributed by atoms with Crippen molar-refractivity contribution < 1.29 is 24.5 Å². The van der Waals surface area contributed by atoms with Gasteiger partial charge < -0.3 is 19.7 Å². The number of rotatable bonds is 4. The maximum atomic E-state index is 11.3. The molecule has 5 heteroatoms. The highest BCUT2D eigenvalue weighted by atomic mass is 16.7. The van der Waals surface area contributed by atoms with Gasteiger partial charge in [-0.05, 0) is 61.6 Å². The Morgan fingerprint density at radius 2 is 2.00 bits per heavy atom. The third-order valence-corrected chi connectivity index (χ3v) is 3.42. The standard InChI is InChI=1S/C16H20O5/c1-10-7-12(8-11(2)15(10)17)9-13(16(18)19)21-14-5-3-4-6-20-14/h7-9,14,17H,3-6H2,1-2H3,(H,18,19)/b13-9-. The molecule has 21 heavy (non-hydrogen) atoms. The van der Waals surface area contributed by atoms with Gasteiger partial charge in [0.05, 0.1) is 6.61 Å². The smallest absolute Gasteiger partial charge is 0.371 e. The van der Waals surface area contributed by atoms with E-state index in [0.717, 1.165) is 12.8 Å². The van der Waals surface area contributed by atoms with Crippen molar-refractivity contribution in [1.29, 1.82) is 0 Å². The molecule has 0 aliphatic carbocycles. The summed E-state index contributed by atoms with van der Waals surface area (Å²) in [6, 6.07) is 3.44. The maximum absolute atomic E-state index is 11.3. The Labute approximate surface area is 123 Å². The molecular formula is C16H20O5. The van der Waals surface area contributed by atoms with Crippen LogP contribution in [0, 0.1) is 13.8 Å². The van der Waals surface area contributed by atoms with Crippen LogP contribution in [0.3, 0.4) is 0 Å². The van der Waals surface area contributed by atoms with Gasteiger partial charge in [-0.3, -0.25) is 0 Å². The zero-order valence-corrected chi connectivity index (χ0v) is 12.3. The molecule has 1 unspecified atom stereocenters. The second-order valence-corrected chi connectivity index (χ2v) is 5.23. The number of hydrogen-bond acceptors (Lipinski definition) is 4. The van der Waals surface area contributed by atoms with Crippen LogP contribution >= 0.6 is 0 Å². The van der Waals surface area contributed by atoms with E-state index in [-0.39, 0.29) is 11.5 Å². The highest BCUT2D eigenvalue weighted by Crippen LogP contribution is 2.25. The number of carboxylic acid groups (broad SMARTS) is 1. The van der Waals surface area contributed by atoms with Gasteiger partial charge in [0, 0.05) is 6.42 Å². The van der Waals surface area contributed by atoms with Gasteiger partial charge in [-0.1, -0.05) is 0 Å². The minimum atomic E-state index is -1.13. The van der Waals surface area contributed by atoms with E-state index in [1.54, 1.807) is 26.0 Å². The van der Waals surface area contributed by atoms with E-state index in [4.69, 9.17) is 9.47 Å². The van der Waals surface area contributed by atoms with Gasteiger partial charge in [-0.25, -0.2) is 4.79 Å². The van der Waals surface area contributed by atoms with Gasteiger partial charge in [-0.15, -0.1) is 0 Å². The minimum Gasteiger partial charge on any atom is -0.507 e. The summed E-state index contributed by atoms with van der Waals surface area (Å²) in [4.78, 5) is 11.3. The lowest BCUT2D eigenvalue weighted by Crippen LogP contribution is -2.24. The molecule has 1 aliphatic heterocycles. The first kappa shape index (κ1) is 15.4. The number of phenols is 1. The number of phenolic OH excluding ortho intramolecular Hbond substituents is 1. The molecule has 1 fully saturated rings. The van der Waals surface area contributed by atoms with Crippen LogP contribution < -0.4 is 0 Å². The molecule has 1 aliphatic rings. The summed E-state index contributed by atoms with van der Waals surface area (Å²) in [5.41, 5.74) is 2.07. The summed E-state index contributed by atoms with van der Waals surface area (Å²) in [6.45, 7) is 4.13. The first-order valence-electron chi connectivity index (χ1n) is 7.01. The molecule has 0 saturated carbocycles. The number of hydrogen-bond donors (Lipinski definition) is 2. The second kappa shape index (κ2) is 6.63. The Hall–Kier alpha value is -2.01. The van der Waals surface area contributed by atoms with Crippen LogP contribution in [0.2, 0.25) is 0 Å². The molecule has 0 aromatic heterocycles. The molecule has 1 heterocycles. The number of carboxylic acids is 1. The minimum absolute atomic E-state index is 0.147. The van der Waals surface area contributed by atoms with Gasteiger partial charge >= 0.3 is 5.97 Å². The van der Waals surface area contributed by atoms with Crippen molar-refractivity contribution in [2.24, 2.45) is 0 Å². The van der Waals surface area contributed by atoms with Crippen LogP contribution in [-0.2, 0) is 14.3 Å². The van der Waals surface area contributed by atoms with Crippen LogP contribution in [0.25, 0.3) is 6.08 Å². The Morgan fingerprint density at radius 3 is 2.52 bits per heavy atom. The van der Waals surface area contributed by atoms with Crippen molar-refractivity contribution >= 4 is 12.0 Å². The van der Waals surface area contributed by atoms with E-state index in [1.807, 2.05) is 0 Å². The van der Waals surface area contributed by atoms with Crippen molar-refractivity contribution in [3.63, 3.8) is 0 Å². The third-order valence-electron chi connectivity index (χ3n) is 3.42. The normalized spacial score (nSPS) is 19.3. The van der Waals surface area contributed by atoms with E-state index in [2.05, 4.69) is 0 Å². The second-order valence-electron chi connectivity index (χ2n) is 5.23. The lowest BCUT2D eigenvalue weighted by atomic mass is 10.1. The molecule has 114 valence electrons. The number of benzene rings is 1. The SMILES string of the molecule is Cc1cc(/C=C(\OC2CCCCO2)C(=O)O)cc(C)c1O. The lowest BCUT2D eigenvalue weighted by molar-refractivity contribution is -0.159. The van der Waals surface area contributed by atoms with Gasteiger partial charge in [0.15, 0.2) is 6.29 Å². The van der Waals surface area contributed by atoms with Crippen molar-refractivity contribution in [1.82, 2.24) is 0 Å². The summed E-state index contributed by atoms with van der Waals surface area (Å²) >= 11 is 0. The largest absolute Gasteiger partial charge is 0.507 e. The van der Waals surface area contributed by atoms with Crippen LogP contribution in [0.5, 0.6) is 5.75 Å². The Bertz CT molecular complexity index is 533. The monoisotopic (exact) mass is 292 g/mol. The predicted octanol–water partition coefficient (Wildman–Crippen LogP) is 2.98. The van der Waals surface area contributed by atoms with E-state index < -0.39 is 12.3 Å². The quantitative estimate of drug-likeness (QED) is 0.659. The molecule has 1 aromatic carbocycles. The number of aliphatic carboxylic acids is 1. The molecule has 0 amide bonds. The Balaban J connectivity index is 2.22. The topological polar surface area (TPSA) is 76.0 Å². The maximum Gasteiger partial charge on any atom is 0.371 e. The summed E-state index contributed by atoms with van der Waals surface area (Å²) in [6.07, 6.45) is 3.59. The average molecular weight is 292 g/mol. The fourth-order valence-corrected chi connectivity index (χ4v) is 2.32. The lowest BCUT2D eigenvalue weighted by Gasteiger charge is -2.23. The molecule has 5 nitrogen and oxygen atoms in total. The van der Waals surface area contributed by atoms with Crippen molar-refractivity contribution in [3.8, 4) is 5.75 Å². The molecule has 0 bridgehead atoms. The summed E-state index contributed by atoms with van der Waals surface area (Å²) in [7, 11) is 0. The van der Waals surface area contributed by atoms with E-state index >= 15 is 0 Å². The molecule has 1 aromatic rings. The van der Waals surface area contributed by atoms with Crippen LogP contribution in [-0.4, -0.2) is 29.1 Å². The molecule has 0 radical (unpaired) electrons. The molecule has 1 atom stereocenters. The van der Waals surface area contributed by atoms with Crippen LogP contribution in [0.4, 0.5) is 0 Å². The molecule has 0 spiro atoms. The zero-order valence-electron chi connectivity index (χ0n) is 12.3. The van der Waals surface area contributed by atoms with Gasteiger partial charge in [0.25, 0.3) is 0 Å². The Morgan fingerprint density at radius 1 is 1.33 bits per heavy atom. The molecule has 2 N–H and O–H groups in total. The van der Waals surface area contributed by atoms with Crippen molar-refractivity contribution in [3.05, 3.63) is 34.6 Å². The first-order valence-corrected chi connectivity index (χ1v) is 7.01. The molecular weight excluding hydrogens is 272 g/mol. The number of carbonyl (C=O) groups is 1. The zero-order chi connectivity index (χ0) is 15.4. The van der Waals surface area contributed by atoms with Gasteiger partial charge in [0.2, 0.25) is 5.76 Å². The van der Waals surface area contributed by atoms with Gasteiger partial charge in [0.1, 0.15) is 5.75 Å². The van der Waals surface area contributed by atoms with Crippen molar-refractivity contribution in [2.45, 2.75) is 39.4 Å². The number of aromatic hydroxyl groups is 1. The predicted molar refractivity (Wildman–Crippen MR) is 77.9 cm³/mol. The fourth-order valence-electron chi connectivity index (χ4n) is 2.32.